The largest absolute Gasteiger partial charge is 0.354 e. The lowest BCUT2D eigenvalue weighted by molar-refractivity contribution is -0.139. The Labute approximate surface area is 218 Å². The quantitative estimate of drug-likeness (QED) is 0.477. The summed E-state index contributed by atoms with van der Waals surface area (Å²) in [6.45, 7) is 9.00. The average molecular weight is 543 g/mol. The van der Waals surface area contributed by atoms with E-state index in [1.54, 1.807) is 51.1 Å². The minimum Gasteiger partial charge on any atom is -0.354 e. The molecule has 0 radical (unpaired) electrons. The maximum atomic E-state index is 13.7. The second kappa shape index (κ2) is 12.1. The van der Waals surface area contributed by atoms with Crippen molar-refractivity contribution in [3.63, 3.8) is 0 Å². The molecule has 0 fully saturated rings. The van der Waals surface area contributed by atoms with Gasteiger partial charge in [-0.15, -0.1) is 0 Å². The van der Waals surface area contributed by atoms with Crippen LogP contribution in [0.25, 0.3) is 0 Å². The summed E-state index contributed by atoms with van der Waals surface area (Å²) < 4.78 is 26.6. The molecule has 2 rings (SSSR count). The number of anilines is 1. The van der Waals surface area contributed by atoms with Crippen molar-refractivity contribution in [3.05, 3.63) is 63.1 Å². The first-order chi connectivity index (χ1) is 16.2. The number of rotatable bonds is 10. The minimum absolute atomic E-state index is 0.0576. The highest BCUT2D eigenvalue weighted by Crippen LogP contribution is 2.29. The number of amides is 2. The first kappa shape index (κ1) is 28.9. The third kappa shape index (κ3) is 7.59. The van der Waals surface area contributed by atoms with E-state index in [-0.39, 0.29) is 18.4 Å². The number of halogens is 2. The van der Waals surface area contributed by atoms with Gasteiger partial charge in [-0.2, -0.15) is 0 Å². The summed E-state index contributed by atoms with van der Waals surface area (Å²) in [5.41, 5.74) is 2.35. The van der Waals surface area contributed by atoms with E-state index in [0.29, 0.717) is 39.0 Å². The molecule has 2 aromatic rings. The van der Waals surface area contributed by atoms with Gasteiger partial charge in [0.25, 0.3) is 0 Å². The number of nitrogens with zero attached hydrogens (tertiary/aromatic N) is 2. The van der Waals surface area contributed by atoms with Gasteiger partial charge in [-0.25, -0.2) is 8.42 Å². The fourth-order valence-corrected chi connectivity index (χ4v) is 5.15. The number of hydrogen-bond acceptors (Lipinski definition) is 4. The summed E-state index contributed by atoms with van der Waals surface area (Å²) in [6, 6.07) is 9.48. The van der Waals surface area contributed by atoms with Gasteiger partial charge >= 0.3 is 0 Å². The number of hydrogen-bond donors (Lipinski definition) is 1. The van der Waals surface area contributed by atoms with Gasteiger partial charge in [-0.3, -0.25) is 13.9 Å². The fourth-order valence-electron chi connectivity index (χ4n) is 3.66. The van der Waals surface area contributed by atoms with Gasteiger partial charge in [-0.05, 0) is 49.9 Å². The molecule has 1 atom stereocenters. The fraction of sp³-hybridized carbons (Fsp3) is 0.440. The highest BCUT2D eigenvalue weighted by Gasteiger charge is 2.31. The smallest absolute Gasteiger partial charge is 0.244 e. The second-order valence-electron chi connectivity index (χ2n) is 9.05. The molecule has 0 aliphatic heterocycles. The first-order valence-electron chi connectivity index (χ1n) is 11.3. The third-order valence-electron chi connectivity index (χ3n) is 5.61. The van der Waals surface area contributed by atoms with Crippen molar-refractivity contribution in [1.29, 1.82) is 0 Å². The van der Waals surface area contributed by atoms with Crippen LogP contribution in [0.5, 0.6) is 0 Å². The molecular formula is C25H33Cl2N3O4S. The molecule has 0 unspecified atom stereocenters. The van der Waals surface area contributed by atoms with E-state index in [0.717, 1.165) is 10.6 Å². The number of para-hydroxylation sites is 1. The topological polar surface area (TPSA) is 86.8 Å². The van der Waals surface area contributed by atoms with E-state index >= 15 is 0 Å². The Bertz CT molecular complexity index is 1140. The number of nitrogens with one attached hydrogen (secondary N) is 1. The Hall–Kier alpha value is -2.29. The van der Waals surface area contributed by atoms with E-state index < -0.39 is 28.5 Å². The normalized spacial score (nSPS) is 12.4. The summed E-state index contributed by atoms with van der Waals surface area (Å²) in [5.74, 6) is -0.687. The van der Waals surface area contributed by atoms with Gasteiger partial charge < -0.3 is 10.2 Å². The lowest BCUT2D eigenvalue weighted by atomic mass is 10.1. The number of benzene rings is 2. The molecule has 0 spiro atoms. The van der Waals surface area contributed by atoms with Gasteiger partial charge in [0.05, 0.1) is 11.9 Å². The zero-order chi connectivity index (χ0) is 26.5. The molecule has 2 aromatic carbocycles. The van der Waals surface area contributed by atoms with Crippen LogP contribution < -0.4 is 9.62 Å². The van der Waals surface area contributed by atoms with Crippen molar-refractivity contribution in [3.8, 4) is 0 Å². The monoisotopic (exact) mass is 541 g/mol. The van der Waals surface area contributed by atoms with Crippen LogP contribution in [0.15, 0.2) is 36.4 Å². The minimum atomic E-state index is -3.81. The van der Waals surface area contributed by atoms with E-state index in [4.69, 9.17) is 23.2 Å². The SMILES string of the molecule is Cc1cccc(C)c1N(CC(=O)N(Cc1c(Cl)cccc1Cl)[C@@H](C)C(=O)NCC(C)C)S(C)(=O)=O. The van der Waals surface area contributed by atoms with E-state index in [9.17, 15) is 18.0 Å². The van der Waals surface area contributed by atoms with Crippen LogP contribution in [-0.4, -0.2) is 50.5 Å². The lowest BCUT2D eigenvalue weighted by Crippen LogP contribution is -2.51. The molecule has 0 aromatic heterocycles. The van der Waals surface area contributed by atoms with Crippen LogP contribution in [0, 0.1) is 19.8 Å². The summed E-state index contributed by atoms with van der Waals surface area (Å²) in [6.07, 6.45) is 1.06. The van der Waals surface area contributed by atoms with Crippen LogP contribution in [0.4, 0.5) is 5.69 Å². The molecule has 0 heterocycles. The average Bonchev–Trinajstić information content (AvgIpc) is 2.75. The molecule has 0 saturated carbocycles. The summed E-state index contributed by atoms with van der Waals surface area (Å²) in [4.78, 5) is 27.9. The number of carbonyl (C=O) groups is 2. The Morgan fingerprint density at radius 3 is 1.97 bits per heavy atom. The van der Waals surface area contributed by atoms with E-state index in [2.05, 4.69) is 5.32 Å². The number of carbonyl (C=O) groups excluding carboxylic acids is 2. The number of sulfonamides is 1. The maximum absolute atomic E-state index is 13.7. The molecule has 0 aliphatic carbocycles. The maximum Gasteiger partial charge on any atom is 0.244 e. The summed E-state index contributed by atoms with van der Waals surface area (Å²) in [5, 5.41) is 3.53. The Morgan fingerprint density at radius 1 is 0.971 bits per heavy atom. The lowest BCUT2D eigenvalue weighted by Gasteiger charge is -2.32. The molecule has 10 heteroatoms. The van der Waals surface area contributed by atoms with Crippen LogP contribution in [0.1, 0.15) is 37.5 Å². The van der Waals surface area contributed by atoms with E-state index in [1.165, 1.54) is 4.90 Å². The predicted octanol–water partition coefficient (Wildman–Crippen LogP) is 4.57. The standard InChI is InChI=1S/C25H33Cl2N3O4S/c1-16(2)13-28-25(32)19(5)29(14-20-21(26)11-8-12-22(20)27)23(31)15-30(35(6,33)34)24-17(3)9-7-10-18(24)4/h7-12,16,19H,13-15H2,1-6H3,(H,28,32)/t19-/m0/s1. The Kier molecular flexibility index (Phi) is 10.0. The van der Waals surface area contributed by atoms with Crippen molar-refractivity contribution in [2.24, 2.45) is 5.92 Å². The third-order valence-corrected chi connectivity index (χ3v) is 7.43. The van der Waals surface area contributed by atoms with Crippen molar-refractivity contribution >= 4 is 50.7 Å². The number of aryl methyl sites for hydroxylation is 2. The van der Waals surface area contributed by atoms with Crippen LogP contribution in [-0.2, 0) is 26.2 Å². The van der Waals surface area contributed by atoms with Crippen LogP contribution >= 0.6 is 23.2 Å². The van der Waals surface area contributed by atoms with Crippen molar-refractivity contribution in [2.45, 2.75) is 47.2 Å². The highest BCUT2D eigenvalue weighted by atomic mass is 35.5. The van der Waals surface area contributed by atoms with Crippen molar-refractivity contribution < 1.29 is 18.0 Å². The molecule has 192 valence electrons. The summed E-state index contributed by atoms with van der Waals surface area (Å²) >= 11 is 12.7. The molecule has 0 bridgehead atoms. The molecular weight excluding hydrogens is 509 g/mol. The van der Waals surface area contributed by atoms with Gasteiger partial charge in [0.15, 0.2) is 0 Å². The van der Waals surface area contributed by atoms with Gasteiger partial charge in [0, 0.05) is 28.7 Å². The molecule has 7 nitrogen and oxygen atoms in total. The van der Waals surface area contributed by atoms with Crippen LogP contribution in [0.2, 0.25) is 10.0 Å². The molecule has 0 saturated heterocycles. The van der Waals surface area contributed by atoms with Gasteiger partial charge in [-0.1, -0.05) is 61.3 Å². The second-order valence-corrected chi connectivity index (χ2v) is 11.8. The Balaban J connectivity index is 2.49. The molecule has 0 aliphatic rings. The zero-order valence-electron chi connectivity index (χ0n) is 20.9. The highest BCUT2D eigenvalue weighted by molar-refractivity contribution is 7.92. The van der Waals surface area contributed by atoms with Gasteiger partial charge in [0.2, 0.25) is 21.8 Å². The first-order valence-corrected chi connectivity index (χ1v) is 13.9. The predicted molar refractivity (Wildman–Crippen MR) is 142 cm³/mol. The molecule has 1 N–H and O–H groups in total. The van der Waals surface area contributed by atoms with Gasteiger partial charge in [0.1, 0.15) is 12.6 Å². The summed E-state index contributed by atoms with van der Waals surface area (Å²) in [7, 11) is -3.81. The molecule has 2 amide bonds. The van der Waals surface area contributed by atoms with Crippen molar-refractivity contribution in [1.82, 2.24) is 10.2 Å². The Morgan fingerprint density at radius 2 is 1.49 bits per heavy atom. The van der Waals surface area contributed by atoms with Crippen LogP contribution in [0.3, 0.4) is 0 Å². The molecule has 35 heavy (non-hydrogen) atoms. The zero-order valence-corrected chi connectivity index (χ0v) is 23.3. The van der Waals surface area contributed by atoms with E-state index in [1.807, 2.05) is 19.9 Å². The van der Waals surface area contributed by atoms with Crippen molar-refractivity contribution in [2.75, 3.05) is 23.7 Å².